The van der Waals surface area contributed by atoms with Crippen LogP contribution in [0.5, 0.6) is 0 Å². The Balaban J connectivity index is -0.000000268. The molecule has 0 bridgehead atoms. The molecule has 0 aromatic rings. The highest BCUT2D eigenvalue weighted by Crippen LogP contribution is 2.30. The first kappa shape index (κ1) is 24.4. The molecule has 2 atom stereocenters. The Morgan fingerprint density at radius 1 is 0.950 bits per heavy atom. The van der Waals surface area contributed by atoms with Gasteiger partial charge >= 0.3 is 23.1 Å². The quantitative estimate of drug-likeness (QED) is 0.721. The minimum atomic E-state index is -0.750. The number of hydrogen-bond acceptors (Lipinski definition) is 4. The zero-order valence-electron chi connectivity index (χ0n) is 12.1. The molecule has 0 aliphatic carbocycles. The molecule has 0 aromatic heterocycles. The van der Waals surface area contributed by atoms with Gasteiger partial charge in [-0.3, -0.25) is 0 Å². The van der Waals surface area contributed by atoms with Crippen molar-refractivity contribution >= 4 is 23.1 Å². The maximum Gasteiger partial charge on any atom is 0.335 e. The van der Waals surface area contributed by atoms with Crippen LogP contribution in [0.4, 0.5) is 8.96 Å². The summed E-state index contributed by atoms with van der Waals surface area (Å²) in [5.41, 5.74) is 0. The smallest absolute Gasteiger partial charge is 0.335 e. The van der Waals surface area contributed by atoms with Crippen LogP contribution in [0.1, 0.15) is 26.7 Å². The van der Waals surface area contributed by atoms with Crippen LogP contribution in [0, 0.1) is 11.8 Å². The average molecular weight is 336 g/mol. The summed E-state index contributed by atoms with van der Waals surface area (Å²) in [6.07, 6.45) is 2.75. The third-order valence-corrected chi connectivity index (χ3v) is 3.17. The molecule has 122 valence electrons. The van der Waals surface area contributed by atoms with Crippen molar-refractivity contribution in [1.82, 2.24) is 0 Å². The van der Waals surface area contributed by atoms with Gasteiger partial charge in [-0.1, -0.05) is 13.8 Å². The molecule has 10 heteroatoms. The average Bonchev–Trinajstić information content (AvgIpc) is 2.67. The van der Waals surface area contributed by atoms with Gasteiger partial charge in [0, 0.05) is 11.8 Å². The first-order chi connectivity index (χ1) is 9.33. The van der Waals surface area contributed by atoms with Crippen LogP contribution in [0.3, 0.4) is 0 Å². The summed E-state index contributed by atoms with van der Waals surface area (Å²) in [5, 5.41) is 0. The standard InChI is InChI=1S/C10H22N.F2N.2O2S/c1-5-9-7-11(3,4)8-10(9)6-2;3*1-3-2/h9-10H,5-8H2,1-4H3;;;/q+1;-1;;. The van der Waals surface area contributed by atoms with Gasteiger partial charge in [0.05, 0.1) is 27.2 Å². The van der Waals surface area contributed by atoms with Crippen LogP contribution >= 0.6 is 0 Å². The molecule has 0 radical (unpaired) electrons. The first-order valence-electron chi connectivity index (χ1n) is 5.91. The van der Waals surface area contributed by atoms with Crippen LogP contribution in [0.2, 0.25) is 0 Å². The molecule has 1 saturated heterocycles. The van der Waals surface area contributed by atoms with Gasteiger partial charge in [0.25, 0.3) is 0 Å². The Morgan fingerprint density at radius 3 is 1.30 bits per heavy atom. The lowest BCUT2D eigenvalue weighted by atomic mass is 9.92. The van der Waals surface area contributed by atoms with Gasteiger partial charge in [-0.15, -0.1) is 0 Å². The first-order valence-corrected chi connectivity index (χ1v) is 7.25. The van der Waals surface area contributed by atoms with Crippen LogP contribution in [0.25, 0.3) is 5.76 Å². The largest absolute Gasteiger partial charge is 0.339 e. The van der Waals surface area contributed by atoms with Gasteiger partial charge in [-0.25, -0.2) is 0 Å². The summed E-state index contributed by atoms with van der Waals surface area (Å²) >= 11 is -1.50. The predicted octanol–water partition coefficient (Wildman–Crippen LogP) is 1.92. The fourth-order valence-electron chi connectivity index (χ4n) is 2.57. The summed E-state index contributed by atoms with van der Waals surface area (Å²) in [6, 6.07) is 0. The topological polar surface area (TPSA) is 82.4 Å². The van der Waals surface area contributed by atoms with Crippen molar-refractivity contribution in [1.29, 1.82) is 0 Å². The molecule has 2 unspecified atom stereocenters. The molecule has 1 heterocycles. The zero-order chi connectivity index (χ0) is 16.6. The van der Waals surface area contributed by atoms with Gasteiger partial charge in [0.1, 0.15) is 0 Å². The Labute approximate surface area is 125 Å². The second-order valence-corrected chi connectivity index (χ2v) is 5.11. The summed E-state index contributed by atoms with van der Waals surface area (Å²) < 4.78 is 52.9. The molecule has 0 aromatic carbocycles. The van der Waals surface area contributed by atoms with E-state index in [1.54, 1.807) is 0 Å². The van der Waals surface area contributed by atoms with Crippen molar-refractivity contribution in [3.05, 3.63) is 5.76 Å². The number of rotatable bonds is 2. The van der Waals surface area contributed by atoms with Crippen molar-refractivity contribution in [3.63, 3.8) is 0 Å². The van der Waals surface area contributed by atoms with E-state index >= 15 is 0 Å². The fourth-order valence-corrected chi connectivity index (χ4v) is 2.57. The van der Waals surface area contributed by atoms with Gasteiger partial charge < -0.3 is 19.2 Å². The molecule has 1 fully saturated rings. The number of halogens is 2. The van der Waals surface area contributed by atoms with E-state index in [4.69, 9.17) is 16.8 Å². The highest BCUT2D eigenvalue weighted by Gasteiger charge is 2.37. The van der Waals surface area contributed by atoms with Crippen molar-refractivity contribution in [2.75, 3.05) is 27.2 Å². The number of quaternary nitrogens is 1. The fraction of sp³-hybridized carbons (Fsp3) is 1.00. The highest BCUT2D eigenvalue weighted by atomic mass is 32.1. The molecule has 1 rings (SSSR count). The molecule has 0 saturated carbocycles. The monoisotopic (exact) mass is 336 g/mol. The van der Waals surface area contributed by atoms with E-state index in [1.165, 1.54) is 30.4 Å². The van der Waals surface area contributed by atoms with Crippen LogP contribution in [-0.4, -0.2) is 48.5 Å². The third kappa shape index (κ3) is 15.5. The number of nitrogens with zero attached hydrogens (tertiary/aromatic N) is 2. The lowest BCUT2D eigenvalue weighted by Crippen LogP contribution is -2.36. The molecular formula is C10H22F2N2O4S2. The van der Waals surface area contributed by atoms with E-state index in [2.05, 4.69) is 27.9 Å². The summed E-state index contributed by atoms with van der Waals surface area (Å²) in [5.74, 6) is 2.49. The van der Waals surface area contributed by atoms with Gasteiger partial charge in [0.15, 0.2) is 0 Å². The maximum absolute atomic E-state index is 9.25. The van der Waals surface area contributed by atoms with Crippen molar-refractivity contribution < 1.29 is 30.3 Å². The van der Waals surface area contributed by atoms with E-state index in [0.717, 1.165) is 11.8 Å². The van der Waals surface area contributed by atoms with Crippen molar-refractivity contribution in [3.8, 4) is 0 Å². The zero-order valence-corrected chi connectivity index (χ0v) is 13.7. The van der Waals surface area contributed by atoms with E-state index in [0.29, 0.717) is 5.76 Å². The molecule has 1 aliphatic heterocycles. The van der Waals surface area contributed by atoms with Gasteiger partial charge in [-0.2, -0.15) is 16.8 Å². The Kier molecular flexibility index (Phi) is 20.1. The number of hydrogen-bond donors (Lipinski definition) is 0. The highest BCUT2D eigenvalue weighted by molar-refractivity contribution is 7.51. The summed E-state index contributed by atoms with van der Waals surface area (Å²) in [6.45, 7) is 7.46. The molecule has 0 N–H and O–H groups in total. The minimum absolute atomic E-state index is 0.500. The van der Waals surface area contributed by atoms with E-state index in [1.807, 2.05) is 0 Å². The lowest BCUT2D eigenvalue weighted by molar-refractivity contribution is -0.880. The third-order valence-electron chi connectivity index (χ3n) is 3.17. The molecule has 0 spiro atoms. The van der Waals surface area contributed by atoms with Gasteiger partial charge in [-0.05, 0) is 12.8 Å². The Bertz CT molecular complexity index is 271. The lowest BCUT2D eigenvalue weighted by Gasteiger charge is -2.23. The summed E-state index contributed by atoms with van der Waals surface area (Å²) in [4.78, 5) is 0. The van der Waals surface area contributed by atoms with Crippen LogP contribution in [0.15, 0.2) is 0 Å². The SMILES string of the molecule is CCC1C[N+](C)(C)CC1CC.F[N-]F.O=S=O.O=S=O. The van der Waals surface area contributed by atoms with Crippen molar-refractivity contribution in [2.24, 2.45) is 11.8 Å². The Hall–Kier alpha value is -0.580. The normalized spacial score (nSPS) is 21.9. The molecular weight excluding hydrogens is 314 g/mol. The summed E-state index contributed by atoms with van der Waals surface area (Å²) in [7, 11) is 4.72. The molecule has 0 amide bonds. The molecule has 1 aliphatic rings. The van der Waals surface area contributed by atoms with Crippen LogP contribution < -0.4 is 0 Å². The van der Waals surface area contributed by atoms with E-state index < -0.39 is 23.1 Å². The Morgan fingerprint density at radius 2 is 1.15 bits per heavy atom. The molecule has 6 nitrogen and oxygen atoms in total. The maximum atomic E-state index is 9.25. The second-order valence-electron chi connectivity index (χ2n) is 4.84. The van der Waals surface area contributed by atoms with Crippen molar-refractivity contribution in [2.45, 2.75) is 26.7 Å². The van der Waals surface area contributed by atoms with Crippen LogP contribution in [-0.2, 0) is 23.1 Å². The van der Waals surface area contributed by atoms with E-state index in [-0.39, 0.29) is 0 Å². The van der Waals surface area contributed by atoms with Gasteiger partial charge in [0.2, 0.25) is 0 Å². The molecule has 20 heavy (non-hydrogen) atoms. The predicted molar refractivity (Wildman–Crippen MR) is 72.8 cm³/mol. The second kappa shape index (κ2) is 16.5. The number of likely N-dealkylation sites (tertiary alicyclic amines) is 1. The minimum Gasteiger partial charge on any atom is -0.339 e. The van der Waals surface area contributed by atoms with E-state index in [9.17, 15) is 8.96 Å².